The van der Waals surface area contributed by atoms with E-state index >= 15 is 0 Å². The number of primary amides is 1. The first-order valence-corrected chi connectivity index (χ1v) is 8.69. The number of para-hydroxylation sites is 2. The van der Waals surface area contributed by atoms with Crippen LogP contribution in [0.4, 0.5) is 0 Å². The van der Waals surface area contributed by atoms with Gasteiger partial charge in [0.25, 0.3) is 11.8 Å². The van der Waals surface area contributed by atoms with Crippen LogP contribution >= 0.6 is 0 Å². The van der Waals surface area contributed by atoms with Crippen molar-refractivity contribution in [1.82, 2.24) is 24.8 Å². The van der Waals surface area contributed by atoms with Gasteiger partial charge in [0.05, 0.1) is 11.0 Å². The van der Waals surface area contributed by atoms with E-state index in [2.05, 4.69) is 20.3 Å². The highest BCUT2D eigenvalue weighted by Gasteiger charge is 2.24. The summed E-state index contributed by atoms with van der Waals surface area (Å²) in [5.74, 6) is -0.886. The summed E-state index contributed by atoms with van der Waals surface area (Å²) in [6.07, 6.45) is 1.36. The second-order valence-corrected chi connectivity index (χ2v) is 6.42. The zero-order chi connectivity index (χ0) is 19.7. The van der Waals surface area contributed by atoms with Crippen LogP contribution in [0.1, 0.15) is 32.1 Å². The monoisotopic (exact) mass is 374 g/mol. The average Bonchev–Trinajstić information content (AvgIpc) is 3.31. The van der Waals surface area contributed by atoms with E-state index in [1.165, 1.54) is 10.9 Å². The molecule has 4 aromatic rings. The lowest BCUT2D eigenvalue weighted by molar-refractivity contribution is 0.0928. The van der Waals surface area contributed by atoms with Crippen LogP contribution in [0.15, 0.2) is 54.9 Å². The summed E-state index contributed by atoms with van der Waals surface area (Å²) >= 11 is 0. The van der Waals surface area contributed by atoms with E-state index in [1.807, 2.05) is 55.5 Å². The molecule has 2 aromatic heterocycles. The van der Waals surface area contributed by atoms with E-state index in [-0.39, 0.29) is 11.4 Å². The van der Waals surface area contributed by atoms with E-state index < -0.39 is 11.8 Å². The number of aryl methyl sites for hydroxylation is 1. The van der Waals surface area contributed by atoms with Crippen molar-refractivity contribution in [3.8, 4) is 5.95 Å². The van der Waals surface area contributed by atoms with Crippen molar-refractivity contribution in [2.24, 2.45) is 5.73 Å². The third-order valence-electron chi connectivity index (χ3n) is 4.39. The quantitative estimate of drug-likeness (QED) is 0.495. The van der Waals surface area contributed by atoms with Gasteiger partial charge in [-0.1, -0.05) is 42.0 Å². The molecule has 0 spiro atoms. The normalized spacial score (nSPS) is 10.9. The fraction of sp³-hybridized carbons (Fsp3) is 0.100. The van der Waals surface area contributed by atoms with Crippen molar-refractivity contribution in [2.75, 3.05) is 0 Å². The zero-order valence-corrected chi connectivity index (χ0v) is 15.1. The summed E-state index contributed by atoms with van der Waals surface area (Å²) in [4.78, 5) is 36.3. The first kappa shape index (κ1) is 17.5. The van der Waals surface area contributed by atoms with Gasteiger partial charge in [0.15, 0.2) is 5.69 Å². The van der Waals surface area contributed by atoms with Crippen LogP contribution in [0.3, 0.4) is 0 Å². The Bertz CT molecular complexity index is 1140. The summed E-state index contributed by atoms with van der Waals surface area (Å²) in [6, 6.07) is 15.2. The first-order valence-electron chi connectivity index (χ1n) is 8.69. The molecule has 0 aliphatic rings. The van der Waals surface area contributed by atoms with E-state index in [0.717, 1.165) is 22.2 Å². The minimum absolute atomic E-state index is 0.0273. The first-order chi connectivity index (χ1) is 13.5. The van der Waals surface area contributed by atoms with Crippen molar-refractivity contribution in [3.63, 3.8) is 0 Å². The molecule has 140 valence electrons. The number of nitrogens with zero attached hydrogens (tertiary/aromatic N) is 3. The maximum atomic E-state index is 12.6. The van der Waals surface area contributed by atoms with Crippen molar-refractivity contribution in [2.45, 2.75) is 13.5 Å². The second-order valence-electron chi connectivity index (χ2n) is 6.42. The molecular weight excluding hydrogens is 356 g/mol. The smallest absolute Gasteiger partial charge is 0.272 e. The number of aromatic nitrogens is 4. The topological polar surface area (TPSA) is 119 Å². The fourth-order valence-corrected chi connectivity index (χ4v) is 2.94. The van der Waals surface area contributed by atoms with Crippen LogP contribution in [0, 0.1) is 6.92 Å². The number of hydrogen-bond donors (Lipinski definition) is 3. The van der Waals surface area contributed by atoms with Crippen LogP contribution in [-0.2, 0) is 6.54 Å². The van der Waals surface area contributed by atoms with Gasteiger partial charge < -0.3 is 16.0 Å². The maximum absolute atomic E-state index is 12.6. The van der Waals surface area contributed by atoms with Gasteiger partial charge in [0.1, 0.15) is 12.0 Å². The zero-order valence-electron chi connectivity index (χ0n) is 15.1. The molecule has 2 aromatic carbocycles. The van der Waals surface area contributed by atoms with Crippen LogP contribution in [0.2, 0.25) is 0 Å². The van der Waals surface area contributed by atoms with Gasteiger partial charge in [0.2, 0.25) is 5.95 Å². The molecule has 0 atom stereocenters. The van der Waals surface area contributed by atoms with Crippen LogP contribution < -0.4 is 11.1 Å². The number of fused-ring (bicyclic) bond motifs is 1. The molecule has 0 aliphatic heterocycles. The van der Waals surface area contributed by atoms with Gasteiger partial charge in [-0.25, -0.2) is 9.97 Å². The predicted molar refractivity (Wildman–Crippen MR) is 104 cm³/mol. The summed E-state index contributed by atoms with van der Waals surface area (Å²) in [7, 11) is 0. The Morgan fingerprint density at radius 1 is 1.14 bits per heavy atom. The number of amides is 2. The average molecular weight is 374 g/mol. The molecule has 2 amide bonds. The molecule has 0 bridgehead atoms. The van der Waals surface area contributed by atoms with Gasteiger partial charge in [-0.2, -0.15) is 0 Å². The molecule has 28 heavy (non-hydrogen) atoms. The van der Waals surface area contributed by atoms with Crippen molar-refractivity contribution < 1.29 is 9.59 Å². The van der Waals surface area contributed by atoms with E-state index in [9.17, 15) is 9.59 Å². The van der Waals surface area contributed by atoms with Crippen molar-refractivity contribution in [1.29, 1.82) is 0 Å². The largest absolute Gasteiger partial charge is 0.364 e. The number of H-pyrrole nitrogens is 1. The third kappa shape index (κ3) is 3.23. The number of aromatic amines is 1. The van der Waals surface area contributed by atoms with E-state index in [0.29, 0.717) is 12.5 Å². The number of rotatable bonds is 5. The van der Waals surface area contributed by atoms with Crippen molar-refractivity contribution in [3.05, 3.63) is 77.4 Å². The number of benzene rings is 2. The Morgan fingerprint density at radius 3 is 2.61 bits per heavy atom. The number of nitrogens with one attached hydrogen (secondary N) is 2. The molecule has 4 rings (SSSR count). The van der Waals surface area contributed by atoms with Crippen LogP contribution in [0.25, 0.3) is 17.0 Å². The highest BCUT2D eigenvalue weighted by molar-refractivity contribution is 6.04. The Hall–Kier alpha value is -3.94. The number of carbonyl (C=O) groups excluding carboxylic acids is 2. The lowest BCUT2D eigenvalue weighted by Gasteiger charge is -2.06. The fourth-order valence-electron chi connectivity index (χ4n) is 2.94. The number of hydrogen-bond acceptors (Lipinski definition) is 4. The van der Waals surface area contributed by atoms with Gasteiger partial charge in [0, 0.05) is 6.54 Å². The van der Waals surface area contributed by atoms with Gasteiger partial charge in [-0.3, -0.25) is 14.2 Å². The van der Waals surface area contributed by atoms with Gasteiger partial charge in [-0.05, 0) is 24.6 Å². The Morgan fingerprint density at radius 2 is 1.89 bits per heavy atom. The molecule has 0 aliphatic carbocycles. The van der Waals surface area contributed by atoms with Crippen molar-refractivity contribution >= 4 is 22.8 Å². The Kier molecular flexibility index (Phi) is 4.36. The molecule has 8 heteroatoms. The minimum Gasteiger partial charge on any atom is -0.364 e. The second kappa shape index (κ2) is 6.99. The number of imidazole rings is 2. The van der Waals surface area contributed by atoms with E-state index in [1.54, 1.807) is 0 Å². The minimum atomic E-state index is -0.765. The summed E-state index contributed by atoms with van der Waals surface area (Å²) in [6.45, 7) is 2.31. The summed E-state index contributed by atoms with van der Waals surface area (Å²) in [5, 5.41) is 2.77. The molecule has 0 radical (unpaired) electrons. The summed E-state index contributed by atoms with van der Waals surface area (Å²) in [5.41, 5.74) is 9.07. The molecular formula is C20H18N6O2. The lowest BCUT2D eigenvalue weighted by Crippen LogP contribution is -2.27. The molecule has 0 saturated heterocycles. The molecule has 4 N–H and O–H groups in total. The number of nitrogens with two attached hydrogens (primary N) is 1. The Balaban J connectivity index is 1.63. The molecule has 2 heterocycles. The SMILES string of the molecule is Cc1ccc(CNC(=O)c2ncn(-c3nc4ccccc4[nH]3)c2C(N)=O)cc1. The number of carbonyl (C=O) groups is 2. The third-order valence-corrected chi connectivity index (χ3v) is 4.39. The predicted octanol–water partition coefficient (Wildman–Crippen LogP) is 2.09. The highest BCUT2D eigenvalue weighted by Crippen LogP contribution is 2.17. The molecule has 8 nitrogen and oxygen atoms in total. The molecule has 0 unspecified atom stereocenters. The lowest BCUT2D eigenvalue weighted by atomic mass is 10.1. The molecule has 0 saturated carbocycles. The summed E-state index contributed by atoms with van der Waals surface area (Å²) < 4.78 is 1.39. The van der Waals surface area contributed by atoms with Gasteiger partial charge in [-0.15, -0.1) is 0 Å². The van der Waals surface area contributed by atoms with Crippen LogP contribution in [0.5, 0.6) is 0 Å². The van der Waals surface area contributed by atoms with Crippen LogP contribution in [-0.4, -0.2) is 31.3 Å². The van der Waals surface area contributed by atoms with Gasteiger partial charge >= 0.3 is 0 Å². The Labute approximate surface area is 160 Å². The molecule has 0 fully saturated rings. The standard InChI is InChI=1S/C20H18N6O2/c1-12-6-8-13(9-7-12)10-22-19(28)16-17(18(21)27)26(11-23-16)20-24-14-4-2-3-5-15(14)25-20/h2-9,11H,10H2,1H3,(H2,21,27)(H,22,28)(H,24,25). The highest BCUT2D eigenvalue weighted by atomic mass is 16.2. The maximum Gasteiger partial charge on any atom is 0.272 e. The van der Waals surface area contributed by atoms with E-state index in [4.69, 9.17) is 5.73 Å².